The average Bonchev–Trinajstić information content (AvgIpc) is 3.38. The Kier molecular flexibility index (Phi) is 7.33. The number of piperidine rings is 1. The molecule has 2 aliphatic heterocycles. The number of nitrogens with one attached hydrogen (secondary N) is 3. The van der Waals surface area contributed by atoms with Crippen LogP contribution in [-0.2, 0) is 16.1 Å². The zero-order valence-electron chi connectivity index (χ0n) is 19.3. The van der Waals surface area contributed by atoms with Gasteiger partial charge in [-0.25, -0.2) is 20.3 Å². The fraction of sp³-hybridized carbons (Fsp3) is 0.480. The predicted octanol–water partition coefficient (Wildman–Crippen LogP) is 3.15. The third-order valence-electron chi connectivity index (χ3n) is 6.64. The van der Waals surface area contributed by atoms with Gasteiger partial charge >= 0.3 is 0 Å². The standard InChI is InChI=1S/C25H32N6O3/c32-24(30-34-22-6-1-2-13-33-22)21-16-28-25(29-17-21)31-11-8-18(9-12-31)14-26-15-20-5-3-4-19-7-10-27-23(19)20/h3-5,7,10,16-18,22,26-27H,1-2,6,8-9,11-15H2,(H,30,32). The summed E-state index contributed by atoms with van der Waals surface area (Å²) < 4.78 is 5.45. The highest BCUT2D eigenvalue weighted by molar-refractivity contribution is 5.92. The molecular weight excluding hydrogens is 432 g/mol. The van der Waals surface area contributed by atoms with Gasteiger partial charge in [-0.05, 0) is 55.2 Å². The highest BCUT2D eigenvalue weighted by Gasteiger charge is 2.22. The van der Waals surface area contributed by atoms with Crippen molar-refractivity contribution in [1.29, 1.82) is 0 Å². The molecule has 0 radical (unpaired) electrons. The number of carbonyl (C=O) groups excluding carboxylic acids is 1. The number of amides is 1. The minimum atomic E-state index is -0.379. The number of benzene rings is 1. The van der Waals surface area contributed by atoms with Crippen LogP contribution in [0.4, 0.5) is 5.95 Å². The van der Waals surface area contributed by atoms with Crippen molar-refractivity contribution < 1.29 is 14.4 Å². The van der Waals surface area contributed by atoms with Gasteiger partial charge in [-0.3, -0.25) is 4.79 Å². The molecule has 1 aromatic carbocycles. The molecule has 0 spiro atoms. The van der Waals surface area contributed by atoms with Crippen LogP contribution in [0.15, 0.2) is 42.9 Å². The van der Waals surface area contributed by atoms with E-state index < -0.39 is 0 Å². The summed E-state index contributed by atoms with van der Waals surface area (Å²) in [4.78, 5) is 32.0. The second kappa shape index (κ2) is 10.9. The molecule has 5 rings (SSSR count). The molecule has 3 aromatic rings. The highest BCUT2D eigenvalue weighted by atomic mass is 16.8. The van der Waals surface area contributed by atoms with Crippen LogP contribution in [0.1, 0.15) is 48.0 Å². The van der Waals surface area contributed by atoms with E-state index in [1.165, 1.54) is 16.5 Å². The summed E-state index contributed by atoms with van der Waals surface area (Å²) in [5.41, 5.74) is 5.33. The first kappa shape index (κ1) is 22.8. The summed E-state index contributed by atoms with van der Waals surface area (Å²) in [7, 11) is 0. The van der Waals surface area contributed by atoms with E-state index in [-0.39, 0.29) is 12.2 Å². The number of H-pyrrole nitrogens is 1. The lowest BCUT2D eigenvalue weighted by molar-refractivity contribution is -0.186. The normalized spacial score (nSPS) is 19.4. The number of hydrogen-bond donors (Lipinski definition) is 3. The second-order valence-corrected chi connectivity index (χ2v) is 9.04. The van der Waals surface area contributed by atoms with E-state index in [1.54, 1.807) is 12.4 Å². The number of carbonyl (C=O) groups is 1. The fourth-order valence-electron chi connectivity index (χ4n) is 4.63. The van der Waals surface area contributed by atoms with Crippen molar-refractivity contribution in [2.75, 3.05) is 31.1 Å². The van der Waals surface area contributed by atoms with Crippen molar-refractivity contribution >= 4 is 22.8 Å². The largest absolute Gasteiger partial charge is 0.361 e. The number of para-hydroxylation sites is 1. The first-order valence-corrected chi connectivity index (χ1v) is 12.2. The minimum Gasteiger partial charge on any atom is -0.361 e. The Hall–Kier alpha value is -3.01. The van der Waals surface area contributed by atoms with Gasteiger partial charge in [-0.2, -0.15) is 0 Å². The number of rotatable bonds is 8. The van der Waals surface area contributed by atoms with Crippen molar-refractivity contribution in [1.82, 2.24) is 25.7 Å². The Morgan fingerprint density at radius 3 is 2.79 bits per heavy atom. The molecule has 1 atom stereocenters. The van der Waals surface area contributed by atoms with Gasteiger partial charge in [0.25, 0.3) is 5.91 Å². The number of aromatic amines is 1. The van der Waals surface area contributed by atoms with E-state index in [0.717, 1.165) is 58.3 Å². The number of hydroxylamine groups is 1. The summed E-state index contributed by atoms with van der Waals surface area (Å²) in [5, 5.41) is 4.88. The van der Waals surface area contributed by atoms with Crippen LogP contribution in [0.3, 0.4) is 0 Å². The number of hydrogen-bond acceptors (Lipinski definition) is 7. The molecule has 0 bridgehead atoms. The van der Waals surface area contributed by atoms with Gasteiger partial charge in [0.15, 0.2) is 6.29 Å². The van der Waals surface area contributed by atoms with E-state index in [1.807, 2.05) is 6.20 Å². The first-order valence-electron chi connectivity index (χ1n) is 12.2. The molecule has 180 valence electrons. The highest BCUT2D eigenvalue weighted by Crippen LogP contribution is 2.21. The molecule has 2 aliphatic rings. The number of anilines is 1. The zero-order valence-corrected chi connectivity index (χ0v) is 19.3. The van der Waals surface area contributed by atoms with Gasteiger partial charge in [-0.15, -0.1) is 0 Å². The third kappa shape index (κ3) is 5.55. The van der Waals surface area contributed by atoms with E-state index >= 15 is 0 Å². The van der Waals surface area contributed by atoms with Crippen LogP contribution in [0, 0.1) is 5.92 Å². The third-order valence-corrected chi connectivity index (χ3v) is 6.64. The van der Waals surface area contributed by atoms with Crippen molar-refractivity contribution in [3.8, 4) is 0 Å². The predicted molar refractivity (Wildman–Crippen MR) is 129 cm³/mol. The lowest BCUT2D eigenvalue weighted by atomic mass is 9.97. The molecule has 2 aromatic heterocycles. The Morgan fingerprint density at radius 1 is 1.15 bits per heavy atom. The van der Waals surface area contributed by atoms with Gasteiger partial charge < -0.3 is 19.9 Å². The quantitative estimate of drug-likeness (QED) is 0.440. The molecule has 34 heavy (non-hydrogen) atoms. The summed E-state index contributed by atoms with van der Waals surface area (Å²) in [6.07, 6.45) is 9.73. The molecule has 9 nitrogen and oxygen atoms in total. The van der Waals surface area contributed by atoms with Gasteiger partial charge in [0.05, 0.1) is 5.56 Å². The van der Waals surface area contributed by atoms with Crippen molar-refractivity contribution in [3.05, 3.63) is 54.0 Å². The van der Waals surface area contributed by atoms with E-state index in [2.05, 4.69) is 54.9 Å². The van der Waals surface area contributed by atoms with Crippen molar-refractivity contribution in [2.24, 2.45) is 5.92 Å². The Balaban J connectivity index is 1.05. The maximum absolute atomic E-state index is 12.3. The van der Waals surface area contributed by atoms with Crippen LogP contribution < -0.4 is 15.7 Å². The first-order chi connectivity index (χ1) is 16.8. The summed E-state index contributed by atoms with van der Waals surface area (Å²) in [5.74, 6) is 0.932. The molecule has 0 aliphatic carbocycles. The zero-order chi connectivity index (χ0) is 23.2. The van der Waals surface area contributed by atoms with Crippen LogP contribution in [-0.4, -0.2) is 53.4 Å². The Morgan fingerprint density at radius 2 is 2.00 bits per heavy atom. The smallest absolute Gasteiger partial charge is 0.278 e. The van der Waals surface area contributed by atoms with Gasteiger partial charge in [0, 0.05) is 56.8 Å². The maximum atomic E-state index is 12.3. The van der Waals surface area contributed by atoms with Crippen LogP contribution in [0.2, 0.25) is 0 Å². The lowest BCUT2D eigenvalue weighted by Gasteiger charge is -2.32. The number of fused-ring (bicyclic) bond motifs is 1. The number of nitrogens with zero attached hydrogens (tertiary/aromatic N) is 3. The van der Waals surface area contributed by atoms with E-state index in [9.17, 15) is 4.79 Å². The van der Waals surface area contributed by atoms with Crippen molar-refractivity contribution in [3.63, 3.8) is 0 Å². The second-order valence-electron chi connectivity index (χ2n) is 9.04. The summed E-state index contributed by atoms with van der Waals surface area (Å²) >= 11 is 0. The topological polar surface area (TPSA) is 104 Å². The molecule has 3 N–H and O–H groups in total. The van der Waals surface area contributed by atoms with Gasteiger partial charge in [0.1, 0.15) is 0 Å². The van der Waals surface area contributed by atoms with E-state index in [4.69, 9.17) is 9.57 Å². The maximum Gasteiger partial charge on any atom is 0.278 e. The summed E-state index contributed by atoms with van der Waals surface area (Å²) in [6.45, 7) is 4.34. The average molecular weight is 465 g/mol. The monoisotopic (exact) mass is 464 g/mol. The summed E-state index contributed by atoms with van der Waals surface area (Å²) in [6, 6.07) is 8.52. The van der Waals surface area contributed by atoms with Crippen LogP contribution in [0.25, 0.3) is 10.9 Å². The number of ether oxygens (including phenoxy) is 1. The molecule has 9 heteroatoms. The Bertz CT molecular complexity index is 1070. The van der Waals surface area contributed by atoms with Crippen molar-refractivity contribution in [2.45, 2.75) is 44.9 Å². The Labute approximate surface area is 199 Å². The molecule has 0 saturated carbocycles. The lowest BCUT2D eigenvalue weighted by Crippen LogP contribution is -2.38. The number of aromatic nitrogens is 3. The SMILES string of the molecule is O=C(NOC1CCCCO1)c1cnc(N2CCC(CNCc3cccc4cc[nH]c34)CC2)nc1. The van der Waals surface area contributed by atoms with Crippen LogP contribution >= 0.6 is 0 Å². The van der Waals surface area contributed by atoms with E-state index in [0.29, 0.717) is 24.0 Å². The molecule has 2 fully saturated rings. The molecule has 1 amide bonds. The molecule has 1 unspecified atom stereocenters. The fourth-order valence-corrected chi connectivity index (χ4v) is 4.63. The minimum absolute atomic E-state index is 0.361. The van der Waals surface area contributed by atoms with Crippen LogP contribution in [0.5, 0.6) is 0 Å². The van der Waals surface area contributed by atoms with Gasteiger partial charge in [-0.1, -0.05) is 18.2 Å². The molecular formula is C25H32N6O3. The molecule has 2 saturated heterocycles. The van der Waals surface area contributed by atoms with Gasteiger partial charge in [0.2, 0.25) is 5.95 Å². The molecule has 4 heterocycles.